The number of benzene rings is 2. The van der Waals surface area contributed by atoms with Crippen LogP contribution in [0.5, 0.6) is 0 Å². The van der Waals surface area contributed by atoms with Gasteiger partial charge in [-0.3, -0.25) is 9.80 Å². The standard InChI is InChI=1S/C20H26N2O2/c23-19(17-7-3-1-4-8-17)15-21-11-13-22(14-12-21)16-20(24)18-9-5-2-6-10-18/h1-10,19-20,23-24H,11-16H2/t19-,20-/m1/s1. The van der Waals surface area contributed by atoms with Crippen molar-refractivity contribution in [2.24, 2.45) is 0 Å². The van der Waals surface area contributed by atoms with Crippen molar-refractivity contribution in [3.05, 3.63) is 71.8 Å². The van der Waals surface area contributed by atoms with Gasteiger partial charge in [0, 0.05) is 39.3 Å². The average molecular weight is 326 g/mol. The third-order valence-electron chi connectivity index (χ3n) is 4.70. The lowest BCUT2D eigenvalue weighted by molar-refractivity contribution is 0.0482. The molecule has 3 rings (SSSR count). The van der Waals surface area contributed by atoms with E-state index >= 15 is 0 Å². The molecule has 1 saturated heterocycles. The molecule has 0 bridgehead atoms. The van der Waals surface area contributed by atoms with E-state index in [1.54, 1.807) is 0 Å². The Balaban J connectivity index is 1.44. The molecule has 2 N–H and O–H groups in total. The number of piperazine rings is 1. The van der Waals surface area contributed by atoms with Gasteiger partial charge in [-0.1, -0.05) is 60.7 Å². The molecule has 1 aliphatic heterocycles. The van der Waals surface area contributed by atoms with Crippen molar-refractivity contribution in [3.63, 3.8) is 0 Å². The minimum Gasteiger partial charge on any atom is -0.387 e. The Hall–Kier alpha value is -1.72. The summed E-state index contributed by atoms with van der Waals surface area (Å²) in [4.78, 5) is 4.59. The second-order valence-electron chi connectivity index (χ2n) is 6.45. The molecule has 1 fully saturated rings. The van der Waals surface area contributed by atoms with Crippen LogP contribution in [0.15, 0.2) is 60.7 Å². The van der Waals surface area contributed by atoms with E-state index in [1.165, 1.54) is 0 Å². The van der Waals surface area contributed by atoms with E-state index in [-0.39, 0.29) is 0 Å². The maximum atomic E-state index is 10.3. The zero-order chi connectivity index (χ0) is 16.8. The first-order valence-electron chi connectivity index (χ1n) is 8.63. The van der Waals surface area contributed by atoms with E-state index in [1.807, 2.05) is 60.7 Å². The number of β-amino-alcohol motifs (C(OH)–C–C–N with tert-alkyl or cyclic N) is 2. The van der Waals surface area contributed by atoms with Crippen LogP contribution in [0.25, 0.3) is 0 Å². The molecule has 0 radical (unpaired) electrons. The molecule has 4 heteroatoms. The van der Waals surface area contributed by atoms with E-state index in [9.17, 15) is 10.2 Å². The third-order valence-corrected chi connectivity index (χ3v) is 4.70. The Labute approximate surface area is 144 Å². The minimum absolute atomic E-state index is 0.437. The molecule has 1 heterocycles. The highest BCUT2D eigenvalue weighted by Gasteiger charge is 2.21. The molecule has 2 aromatic carbocycles. The SMILES string of the molecule is O[C@H](CN1CCN(C[C@@H](O)c2ccccc2)CC1)c1ccccc1. The predicted molar refractivity (Wildman–Crippen MR) is 95.7 cm³/mol. The Morgan fingerprint density at radius 1 is 0.625 bits per heavy atom. The van der Waals surface area contributed by atoms with Gasteiger partial charge in [0.2, 0.25) is 0 Å². The summed E-state index contributed by atoms with van der Waals surface area (Å²) in [6, 6.07) is 19.6. The monoisotopic (exact) mass is 326 g/mol. The van der Waals surface area contributed by atoms with Crippen LogP contribution in [0, 0.1) is 0 Å². The summed E-state index contributed by atoms with van der Waals surface area (Å²) in [6.45, 7) is 5.02. The summed E-state index contributed by atoms with van der Waals surface area (Å²) in [5.74, 6) is 0. The normalized spacial score (nSPS) is 19.1. The molecular weight excluding hydrogens is 300 g/mol. The number of hydrogen-bond acceptors (Lipinski definition) is 4. The third kappa shape index (κ3) is 4.65. The van der Waals surface area contributed by atoms with Crippen LogP contribution in [0.3, 0.4) is 0 Å². The van der Waals surface area contributed by atoms with Gasteiger partial charge in [-0.15, -0.1) is 0 Å². The van der Waals surface area contributed by atoms with Crippen molar-refractivity contribution < 1.29 is 10.2 Å². The molecule has 0 aliphatic carbocycles. The zero-order valence-electron chi connectivity index (χ0n) is 14.0. The van der Waals surface area contributed by atoms with Crippen LogP contribution in [0.4, 0.5) is 0 Å². The van der Waals surface area contributed by atoms with Gasteiger partial charge in [0.1, 0.15) is 0 Å². The second-order valence-corrected chi connectivity index (χ2v) is 6.45. The largest absolute Gasteiger partial charge is 0.387 e. The smallest absolute Gasteiger partial charge is 0.0916 e. The number of aliphatic hydroxyl groups is 2. The van der Waals surface area contributed by atoms with Gasteiger partial charge in [-0.05, 0) is 11.1 Å². The Kier molecular flexibility index (Phi) is 5.99. The van der Waals surface area contributed by atoms with E-state index in [0.29, 0.717) is 13.1 Å². The van der Waals surface area contributed by atoms with Gasteiger partial charge in [0.15, 0.2) is 0 Å². The topological polar surface area (TPSA) is 46.9 Å². The molecule has 2 aromatic rings. The number of aliphatic hydroxyl groups excluding tert-OH is 2. The highest BCUT2D eigenvalue weighted by Crippen LogP contribution is 2.17. The lowest BCUT2D eigenvalue weighted by atomic mass is 10.1. The molecule has 4 nitrogen and oxygen atoms in total. The molecule has 0 aromatic heterocycles. The summed E-state index contributed by atoms with van der Waals surface area (Å²) < 4.78 is 0. The van der Waals surface area contributed by atoms with E-state index < -0.39 is 12.2 Å². The van der Waals surface area contributed by atoms with Crippen molar-refractivity contribution >= 4 is 0 Å². The van der Waals surface area contributed by atoms with Crippen LogP contribution in [-0.4, -0.2) is 59.3 Å². The van der Waals surface area contributed by atoms with Crippen LogP contribution in [0.1, 0.15) is 23.3 Å². The van der Waals surface area contributed by atoms with Gasteiger partial charge in [-0.2, -0.15) is 0 Å². The minimum atomic E-state index is -0.437. The van der Waals surface area contributed by atoms with Gasteiger partial charge < -0.3 is 10.2 Å². The first-order valence-corrected chi connectivity index (χ1v) is 8.63. The second kappa shape index (κ2) is 8.40. The van der Waals surface area contributed by atoms with Crippen molar-refractivity contribution in [1.82, 2.24) is 9.80 Å². The van der Waals surface area contributed by atoms with Gasteiger partial charge in [0.25, 0.3) is 0 Å². The van der Waals surface area contributed by atoms with Crippen molar-refractivity contribution in [2.45, 2.75) is 12.2 Å². The highest BCUT2D eigenvalue weighted by atomic mass is 16.3. The molecule has 24 heavy (non-hydrogen) atoms. The van der Waals surface area contributed by atoms with Gasteiger partial charge >= 0.3 is 0 Å². The van der Waals surface area contributed by atoms with Crippen LogP contribution >= 0.6 is 0 Å². The number of hydrogen-bond donors (Lipinski definition) is 2. The Morgan fingerprint density at radius 3 is 1.29 bits per heavy atom. The van der Waals surface area contributed by atoms with Crippen molar-refractivity contribution in [1.29, 1.82) is 0 Å². The Bertz CT molecular complexity index is 542. The van der Waals surface area contributed by atoms with E-state index in [2.05, 4.69) is 9.80 Å². The lowest BCUT2D eigenvalue weighted by Gasteiger charge is -2.36. The fourth-order valence-corrected chi connectivity index (χ4v) is 3.20. The van der Waals surface area contributed by atoms with Crippen molar-refractivity contribution in [2.75, 3.05) is 39.3 Å². The van der Waals surface area contributed by atoms with Gasteiger partial charge in [-0.25, -0.2) is 0 Å². The molecular formula is C20H26N2O2. The molecule has 0 spiro atoms. The van der Waals surface area contributed by atoms with Crippen LogP contribution < -0.4 is 0 Å². The fourth-order valence-electron chi connectivity index (χ4n) is 3.20. The molecule has 0 saturated carbocycles. The summed E-state index contributed by atoms with van der Waals surface area (Å²) in [5, 5.41) is 20.7. The molecule has 0 amide bonds. The van der Waals surface area contributed by atoms with E-state index in [4.69, 9.17) is 0 Å². The number of rotatable bonds is 6. The highest BCUT2D eigenvalue weighted by molar-refractivity contribution is 5.18. The molecule has 2 atom stereocenters. The first kappa shape index (κ1) is 17.1. The quantitative estimate of drug-likeness (QED) is 0.853. The maximum absolute atomic E-state index is 10.3. The zero-order valence-corrected chi connectivity index (χ0v) is 14.0. The summed E-state index contributed by atoms with van der Waals surface area (Å²) >= 11 is 0. The van der Waals surface area contributed by atoms with Crippen LogP contribution in [0.2, 0.25) is 0 Å². The van der Waals surface area contributed by atoms with Crippen LogP contribution in [-0.2, 0) is 0 Å². The molecule has 0 unspecified atom stereocenters. The maximum Gasteiger partial charge on any atom is 0.0916 e. The van der Waals surface area contributed by atoms with Gasteiger partial charge in [0.05, 0.1) is 12.2 Å². The molecule has 1 aliphatic rings. The summed E-state index contributed by atoms with van der Waals surface area (Å²) in [7, 11) is 0. The fraction of sp³-hybridized carbons (Fsp3) is 0.400. The van der Waals surface area contributed by atoms with Crippen molar-refractivity contribution in [3.8, 4) is 0 Å². The number of nitrogens with zero attached hydrogens (tertiary/aromatic N) is 2. The first-order chi connectivity index (χ1) is 11.7. The summed E-state index contributed by atoms with van der Waals surface area (Å²) in [5.41, 5.74) is 1.94. The summed E-state index contributed by atoms with van der Waals surface area (Å²) in [6.07, 6.45) is -0.875. The molecule has 128 valence electrons. The predicted octanol–water partition coefficient (Wildman–Crippen LogP) is 2.07. The average Bonchev–Trinajstić information content (AvgIpc) is 2.65. The Morgan fingerprint density at radius 2 is 0.958 bits per heavy atom. The lowest BCUT2D eigenvalue weighted by Crippen LogP contribution is -2.48. The van der Waals surface area contributed by atoms with E-state index in [0.717, 1.165) is 37.3 Å².